The number of hydrogen-bond acceptors (Lipinski definition) is 2. The average Bonchev–Trinajstić information content (AvgIpc) is 3.25. The van der Waals surface area contributed by atoms with Crippen LogP contribution in [0.25, 0.3) is 0 Å². The van der Waals surface area contributed by atoms with Crippen LogP contribution >= 0.6 is 0 Å². The van der Waals surface area contributed by atoms with Crippen LogP contribution in [0.3, 0.4) is 0 Å². The highest BCUT2D eigenvalue weighted by atomic mass is 16.2. The molecule has 2 aliphatic rings. The zero-order valence-electron chi connectivity index (χ0n) is 13.6. The van der Waals surface area contributed by atoms with E-state index in [0.717, 1.165) is 45.2 Å². The predicted molar refractivity (Wildman–Crippen MR) is 88.8 cm³/mol. The van der Waals surface area contributed by atoms with Crippen molar-refractivity contribution in [2.75, 3.05) is 26.2 Å². The molecule has 122 valence electrons. The van der Waals surface area contributed by atoms with Gasteiger partial charge in [0.1, 0.15) is 5.54 Å². The Bertz CT molecular complexity index is 457. The molecule has 0 bridgehead atoms. The molecule has 0 atom stereocenters. The van der Waals surface area contributed by atoms with E-state index in [4.69, 9.17) is 0 Å². The number of carbonyl (C=O) groups excluding carboxylic acids is 1. The summed E-state index contributed by atoms with van der Waals surface area (Å²) in [5.74, 6) is 0.227. The van der Waals surface area contributed by atoms with Crippen LogP contribution in [0, 0.1) is 0 Å². The molecule has 1 aromatic rings. The van der Waals surface area contributed by atoms with Gasteiger partial charge in [-0.25, -0.2) is 0 Å². The lowest BCUT2D eigenvalue weighted by Gasteiger charge is -2.37. The van der Waals surface area contributed by atoms with Gasteiger partial charge < -0.3 is 14.8 Å². The molecule has 1 saturated heterocycles. The van der Waals surface area contributed by atoms with Gasteiger partial charge in [-0.15, -0.1) is 0 Å². The second-order valence-corrected chi connectivity index (χ2v) is 6.84. The number of hydrogen-bond donors (Lipinski definition) is 1. The minimum absolute atomic E-state index is 0.227. The Morgan fingerprint density at radius 1 is 1.00 bits per heavy atom. The van der Waals surface area contributed by atoms with Crippen molar-refractivity contribution in [3.05, 3.63) is 24.5 Å². The summed E-state index contributed by atoms with van der Waals surface area (Å²) in [5.41, 5.74) is -0.338. The zero-order valence-corrected chi connectivity index (χ0v) is 13.6. The predicted octanol–water partition coefficient (Wildman–Crippen LogP) is 2.75. The van der Waals surface area contributed by atoms with Crippen molar-refractivity contribution in [2.45, 2.75) is 56.9 Å². The van der Waals surface area contributed by atoms with Crippen molar-refractivity contribution >= 4 is 5.91 Å². The Hall–Kier alpha value is -1.29. The van der Waals surface area contributed by atoms with Gasteiger partial charge in [0.05, 0.1) is 0 Å². The van der Waals surface area contributed by atoms with Crippen molar-refractivity contribution in [1.82, 2.24) is 14.8 Å². The van der Waals surface area contributed by atoms with Crippen molar-refractivity contribution < 1.29 is 4.79 Å². The summed E-state index contributed by atoms with van der Waals surface area (Å²) in [6.07, 6.45) is 13.3. The van der Waals surface area contributed by atoms with E-state index in [-0.39, 0.29) is 11.4 Å². The van der Waals surface area contributed by atoms with Crippen LogP contribution in [0.1, 0.15) is 51.4 Å². The number of rotatable bonds is 6. The molecule has 1 amide bonds. The van der Waals surface area contributed by atoms with Gasteiger partial charge >= 0.3 is 0 Å². The highest BCUT2D eigenvalue weighted by molar-refractivity contribution is 5.84. The number of likely N-dealkylation sites (tertiary alicyclic amines) is 1. The molecule has 22 heavy (non-hydrogen) atoms. The molecule has 1 aliphatic heterocycles. The molecular weight excluding hydrogens is 274 g/mol. The fraction of sp³-hybridized carbons (Fsp3) is 0.722. The maximum Gasteiger partial charge on any atom is 0.246 e. The fourth-order valence-electron chi connectivity index (χ4n) is 4.03. The first-order valence-electron chi connectivity index (χ1n) is 8.95. The van der Waals surface area contributed by atoms with Gasteiger partial charge in [-0.1, -0.05) is 19.3 Å². The van der Waals surface area contributed by atoms with Crippen molar-refractivity contribution in [2.24, 2.45) is 0 Å². The van der Waals surface area contributed by atoms with Crippen molar-refractivity contribution in [3.8, 4) is 0 Å². The number of nitrogens with zero attached hydrogens (tertiary/aromatic N) is 2. The Morgan fingerprint density at radius 3 is 2.36 bits per heavy atom. The SMILES string of the molecule is O=C(NCCCN1CCCC1)C1(n2cccc2)CCCCC1. The summed E-state index contributed by atoms with van der Waals surface area (Å²) in [6.45, 7) is 4.40. The maximum absolute atomic E-state index is 12.9. The van der Waals surface area contributed by atoms with Gasteiger partial charge in [0, 0.05) is 18.9 Å². The van der Waals surface area contributed by atoms with Gasteiger partial charge in [0.15, 0.2) is 0 Å². The van der Waals surface area contributed by atoms with E-state index in [2.05, 4.69) is 27.2 Å². The maximum atomic E-state index is 12.9. The standard InChI is InChI=1S/C18H29N3O/c22-17(19-11-8-14-20-12-4-5-13-20)18(9-2-1-3-10-18)21-15-6-7-16-21/h6-7,15-16H,1-5,8-14H2,(H,19,22). The Labute approximate surface area is 133 Å². The second kappa shape index (κ2) is 7.32. The lowest BCUT2D eigenvalue weighted by Crippen LogP contribution is -2.50. The summed E-state index contributed by atoms with van der Waals surface area (Å²) >= 11 is 0. The number of amides is 1. The summed E-state index contributed by atoms with van der Waals surface area (Å²) in [6, 6.07) is 4.05. The molecule has 4 nitrogen and oxygen atoms in total. The molecular formula is C18H29N3O. The molecule has 1 saturated carbocycles. The third-order valence-corrected chi connectivity index (χ3v) is 5.34. The number of nitrogens with one attached hydrogen (secondary N) is 1. The summed E-state index contributed by atoms with van der Waals surface area (Å²) in [7, 11) is 0. The zero-order chi connectivity index (χ0) is 15.3. The Balaban J connectivity index is 1.53. The molecule has 0 radical (unpaired) electrons. The highest BCUT2D eigenvalue weighted by Gasteiger charge is 2.40. The molecule has 2 heterocycles. The van der Waals surface area contributed by atoms with Gasteiger partial charge in [-0.05, 0) is 63.9 Å². The van der Waals surface area contributed by atoms with Crippen LogP contribution in [0.15, 0.2) is 24.5 Å². The number of aromatic nitrogens is 1. The van der Waals surface area contributed by atoms with Crippen LogP contribution in [-0.2, 0) is 10.3 Å². The minimum Gasteiger partial charge on any atom is -0.354 e. The van der Waals surface area contributed by atoms with Crippen molar-refractivity contribution in [3.63, 3.8) is 0 Å². The van der Waals surface area contributed by atoms with Gasteiger partial charge in [0.25, 0.3) is 0 Å². The van der Waals surface area contributed by atoms with E-state index >= 15 is 0 Å². The molecule has 0 aromatic carbocycles. The first kappa shape index (κ1) is 15.6. The molecule has 1 N–H and O–H groups in total. The van der Waals surface area contributed by atoms with E-state index in [1.165, 1.54) is 32.4 Å². The lowest BCUT2D eigenvalue weighted by atomic mass is 9.80. The van der Waals surface area contributed by atoms with E-state index < -0.39 is 0 Å². The van der Waals surface area contributed by atoms with Gasteiger partial charge in [-0.2, -0.15) is 0 Å². The van der Waals surface area contributed by atoms with Crippen LogP contribution in [0.5, 0.6) is 0 Å². The summed E-state index contributed by atoms with van der Waals surface area (Å²) < 4.78 is 2.14. The van der Waals surface area contributed by atoms with Crippen molar-refractivity contribution in [1.29, 1.82) is 0 Å². The fourth-order valence-corrected chi connectivity index (χ4v) is 4.03. The van der Waals surface area contributed by atoms with E-state index in [1.807, 2.05) is 12.1 Å². The number of carbonyl (C=O) groups is 1. The monoisotopic (exact) mass is 303 g/mol. The molecule has 1 aliphatic carbocycles. The molecule has 3 rings (SSSR count). The second-order valence-electron chi connectivity index (χ2n) is 6.84. The van der Waals surface area contributed by atoms with Gasteiger partial charge in [-0.3, -0.25) is 4.79 Å². The Morgan fingerprint density at radius 2 is 1.68 bits per heavy atom. The smallest absolute Gasteiger partial charge is 0.246 e. The van der Waals surface area contributed by atoms with Gasteiger partial charge in [0.2, 0.25) is 5.91 Å². The molecule has 2 fully saturated rings. The quantitative estimate of drug-likeness (QED) is 0.821. The third-order valence-electron chi connectivity index (χ3n) is 5.34. The molecule has 0 unspecified atom stereocenters. The van der Waals surface area contributed by atoms with E-state index in [0.29, 0.717) is 0 Å². The minimum atomic E-state index is -0.338. The van der Waals surface area contributed by atoms with Crippen LogP contribution in [0.4, 0.5) is 0 Å². The highest BCUT2D eigenvalue weighted by Crippen LogP contribution is 2.35. The summed E-state index contributed by atoms with van der Waals surface area (Å²) in [4.78, 5) is 15.4. The summed E-state index contributed by atoms with van der Waals surface area (Å²) in [5, 5.41) is 3.22. The van der Waals surface area contributed by atoms with Crippen LogP contribution in [-0.4, -0.2) is 41.6 Å². The molecule has 4 heteroatoms. The topological polar surface area (TPSA) is 37.3 Å². The average molecular weight is 303 g/mol. The largest absolute Gasteiger partial charge is 0.354 e. The first-order chi connectivity index (χ1) is 10.8. The Kier molecular flexibility index (Phi) is 5.19. The first-order valence-corrected chi connectivity index (χ1v) is 8.95. The normalized spacial score (nSPS) is 21.8. The van der Waals surface area contributed by atoms with E-state index in [1.54, 1.807) is 0 Å². The lowest BCUT2D eigenvalue weighted by molar-refractivity contribution is -0.131. The third kappa shape index (κ3) is 3.37. The van der Waals surface area contributed by atoms with Crippen LogP contribution in [0.2, 0.25) is 0 Å². The molecule has 0 spiro atoms. The van der Waals surface area contributed by atoms with Crippen LogP contribution < -0.4 is 5.32 Å². The van der Waals surface area contributed by atoms with E-state index in [9.17, 15) is 4.79 Å². The molecule has 1 aromatic heterocycles.